The molecule has 0 radical (unpaired) electrons. The quantitative estimate of drug-likeness (QED) is 0.774. The van der Waals surface area contributed by atoms with Crippen LogP contribution in [0.3, 0.4) is 0 Å². The molecule has 8 heteroatoms. The Morgan fingerprint density at radius 2 is 2.11 bits per heavy atom. The maximum absolute atomic E-state index is 5.56. The highest BCUT2D eigenvalue weighted by molar-refractivity contribution is 7.11. The molecular formula is C19H28N6OS. The summed E-state index contributed by atoms with van der Waals surface area (Å²) < 4.78 is 5.56. The average Bonchev–Trinajstić information content (AvgIpc) is 2.92. The van der Waals surface area contributed by atoms with E-state index in [4.69, 9.17) is 4.74 Å². The first kappa shape index (κ1) is 18.7. The van der Waals surface area contributed by atoms with Gasteiger partial charge >= 0.3 is 0 Å². The van der Waals surface area contributed by atoms with Crippen molar-refractivity contribution in [2.45, 2.75) is 32.5 Å². The Balaban J connectivity index is 1.42. The molecule has 0 aromatic carbocycles. The van der Waals surface area contributed by atoms with Crippen molar-refractivity contribution in [1.29, 1.82) is 0 Å². The Bertz CT molecular complexity index is 756. The van der Waals surface area contributed by atoms with E-state index in [1.54, 1.807) is 0 Å². The smallest absolute Gasteiger partial charge is 0.151 e. The van der Waals surface area contributed by atoms with E-state index in [2.05, 4.69) is 50.0 Å². The second-order valence-corrected chi connectivity index (χ2v) is 8.75. The van der Waals surface area contributed by atoms with E-state index in [0.29, 0.717) is 0 Å². The summed E-state index contributed by atoms with van der Waals surface area (Å²) in [5.41, 5.74) is 2.45. The number of anilines is 1. The minimum atomic E-state index is 0.768. The van der Waals surface area contributed by atoms with Crippen LogP contribution in [0.15, 0.2) is 12.3 Å². The van der Waals surface area contributed by atoms with Gasteiger partial charge in [-0.3, -0.25) is 4.90 Å². The SMILES string of the molecule is CN(C)Cc1cnc(CN2CCc3nnc(N4CCCOCC4)cc3C2)s1. The summed E-state index contributed by atoms with van der Waals surface area (Å²) in [5, 5.41) is 10.2. The van der Waals surface area contributed by atoms with Crippen LogP contribution >= 0.6 is 11.3 Å². The van der Waals surface area contributed by atoms with E-state index in [-0.39, 0.29) is 0 Å². The van der Waals surface area contributed by atoms with Gasteiger partial charge in [0.05, 0.1) is 18.8 Å². The maximum Gasteiger partial charge on any atom is 0.151 e. The molecule has 2 aromatic rings. The van der Waals surface area contributed by atoms with Crippen LogP contribution in [0.5, 0.6) is 0 Å². The van der Waals surface area contributed by atoms with Gasteiger partial charge in [-0.15, -0.1) is 16.4 Å². The molecule has 0 spiro atoms. The van der Waals surface area contributed by atoms with E-state index in [1.807, 2.05) is 17.5 Å². The molecule has 0 bridgehead atoms. The number of fused-ring (bicyclic) bond motifs is 1. The van der Waals surface area contributed by atoms with Crippen molar-refractivity contribution in [1.82, 2.24) is 25.0 Å². The molecule has 4 heterocycles. The summed E-state index contributed by atoms with van der Waals surface area (Å²) in [5.74, 6) is 0.989. The Morgan fingerprint density at radius 1 is 1.19 bits per heavy atom. The lowest BCUT2D eigenvalue weighted by Crippen LogP contribution is -2.32. The molecular weight excluding hydrogens is 360 g/mol. The van der Waals surface area contributed by atoms with Crippen molar-refractivity contribution in [2.24, 2.45) is 0 Å². The van der Waals surface area contributed by atoms with Crippen LogP contribution in [0, 0.1) is 0 Å². The zero-order valence-electron chi connectivity index (χ0n) is 16.2. The van der Waals surface area contributed by atoms with Crippen molar-refractivity contribution in [3.63, 3.8) is 0 Å². The van der Waals surface area contributed by atoms with E-state index >= 15 is 0 Å². The normalized spacial score (nSPS) is 18.6. The van der Waals surface area contributed by atoms with Crippen molar-refractivity contribution < 1.29 is 4.74 Å². The third-order valence-corrected chi connectivity index (χ3v) is 5.95. The highest BCUT2D eigenvalue weighted by atomic mass is 32.1. The molecule has 146 valence electrons. The standard InChI is InChI=1S/C19H28N6OS/c1-23(2)13-16-11-20-19(27-16)14-24-6-4-17-15(12-24)10-18(22-21-17)25-5-3-8-26-9-7-25/h10-11H,3-9,12-14H2,1-2H3. The average molecular weight is 389 g/mol. The van der Waals surface area contributed by atoms with Crippen LogP contribution in [0.25, 0.3) is 0 Å². The van der Waals surface area contributed by atoms with Gasteiger partial charge in [0.1, 0.15) is 5.01 Å². The molecule has 2 aliphatic heterocycles. The Labute approximate surface area is 165 Å². The molecule has 2 aliphatic rings. The fraction of sp³-hybridized carbons (Fsp3) is 0.632. The van der Waals surface area contributed by atoms with Crippen molar-refractivity contribution in [3.8, 4) is 0 Å². The van der Waals surface area contributed by atoms with Crippen LogP contribution in [-0.2, 0) is 30.8 Å². The molecule has 0 saturated carbocycles. The molecule has 27 heavy (non-hydrogen) atoms. The largest absolute Gasteiger partial charge is 0.380 e. The lowest BCUT2D eigenvalue weighted by atomic mass is 10.1. The molecule has 2 aromatic heterocycles. The lowest BCUT2D eigenvalue weighted by Gasteiger charge is -2.28. The van der Waals surface area contributed by atoms with Crippen molar-refractivity contribution in [3.05, 3.63) is 33.4 Å². The highest BCUT2D eigenvalue weighted by Crippen LogP contribution is 2.24. The first-order chi connectivity index (χ1) is 13.2. The summed E-state index contributed by atoms with van der Waals surface area (Å²) in [6.07, 6.45) is 4.02. The van der Waals surface area contributed by atoms with Crippen LogP contribution in [0.4, 0.5) is 5.82 Å². The van der Waals surface area contributed by atoms with Crippen LogP contribution < -0.4 is 4.90 Å². The fourth-order valence-electron chi connectivity index (χ4n) is 3.64. The zero-order valence-corrected chi connectivity index (χ0v) is 17.0. The Morgan fingerprint density at radius 3 is 3.00 bits per heavy atom. The Hall–Kier alpha value is -1.61. The van der Waals surface area contributed by atoms with Gasteiger partial charge in [0.15, 0.2) is 5.82 Å². The summed E-state index contributed by atoms with van der Waals surface area (Å²) in [4.78, 5) is 12.9. The van der Waals surface area contributed by atoms with Gasteiger partial charge in [-0.05, 0) is 32.1 Å². The molecule has 1 fully saturated rings. The van der Waals surface area contributed by atoms with Gasteiger partial charge in [0.2, 0.25) is 0 Å². The van der Waals surface area contributed by atoms with Gasteiger partial charge in [0.25, 0.3) is 0 Å². The van der Waals surface area contributed by atoms with Gasteiger partial charge in [-0.25, -0.2) is 4.98 Å². The third-order valence-electron chi connectivity index (χ3n) is 4.98. The number of hydrogen-bond acceptors (Lipinski definition) is 8. The molecule has 7 nitrogen and oxygen atoms in total. The number of hydrogen-bond donors (Lipinski definition) is 0. The summed E-state index contributed by atoms with van der Waals surface area (Å²) in [6.45, 7) is 7.30. The summed E-state index contributed by atoms with van der Waals surface area (Å²) in [6, 6.07) is 2.24. The molecule has 0 unspecified atom stereocenters. The van der Waals surface area contributed by atoms with Crippen molar-refractivity contribution in [2.75, 3.05) is 51.8 Å². The predicted molar refractivity (Wildman–Crippen MR) is 107 cm³/mol. The minimum Gasteiger partial charge on any atom is -0.380 e. The predicted octanol–water partition coefficient (Wildman–Crippen LogP) is 1.78. The molecule has 4 rings (SSSR count). The van der Waals surface area contributed by atoms with E-state index in [9.17, 15) is 0 Å². The number of nitrogens with zero attached hydrogens (tertiary/aromatic N) is 6. The molecule has 1 saturated heterocycles. The van der Waals surface area contributed by atoms with Crippen LogP contribution in [0.2, 0.25) is 0 Å². The second-order valence-electron chi connectivity index (χ2n) is 7.55. The molecule has 0 atom stereocenters. The van der Waals surface area contributed by atoms with Gasteiger partial charge < -0.3 is 14.5 Å². The third kappa shape index (κ3) is 4.82. The number of rotatable bonds is 5. The minimum absolute atomic E-state index is 0.768. The van der Waals surface area contributed by atoms with E-state index < -0.39 is 0 Å². The summed E-state index contributed by atoms with van der Waals surface area (Å²) >= 11 is 1.82. The fourth-order valence-corrected chi connectivity index (χ4v) is 4.72. The molecule has 0 aliphatic carbocycles. The first-order valence-electron chi connectivity index (χ1n) is 9.66. The van der Waals surface area contributed by atoms with E-state index in [0.717, 1.165) is 76.8 Å². The van der Waals surface area contributed by atoms with Crippen LogP contribution in [0.1, 0.15) is 27.6 Å². The maximum atomic E-state index is 5.56. The van der Waals surface area contributed by atoms with Gasteiger partial charge in [-0.2, -0.15) is 5.10 Å². The first-order valence-corrected chi connectivity index (χ1v) is 10.5. The zero-order chi connectivity index (χ0) is 18.6. The monoisotopic (exact) mass is 388 g/mol. The molecule has 0 amide bonds. The number of aromatic nitrogens is 3. The summed E-state index contributed by atoms with van der Waals surface area (Å²) in [7, 11) is 4.19. The number of ether oxygens (including phenoxy) is 1. The lowest BCUT2D eigenvalue weighted by molar-refractivity contribution is 0.152. The second kappa shape index (κ2) is 8.60. The van der Waals surface area contributed by atoms with Gasteiger partial charge in [0, 0.05) is 56.8 Å². The highest BCUT2D eigenvalue weighted by Gasteiger charge is 2.21. The van der Waals surface area contributed by atoms with Crippen LogP contribution in [-0.4, -0.2) is 71.9 Å². The topological polar surface area (TPSA) is 57.6 Å². The van der Waals surface area contributed by atoms with Gasteiger partial charge in [-0.1, -0.05) is 0 Å². The molecule has 0 N–H and O–H groups in total. The number of thiazole rings is 1. The Kier molecular flexibility index (Phi) is 5.97. The van der Waals surface area contributed by atoms with E-state index in [1.165, 1.54) is 15.4 Å². The van der Waals surface area contributed by atoms with Crippen molar-refractivity contribution >= 4 is 17.2 Å².